The SMILES string of the molecule is Cc1cc2cc(C(C)C)c(F)cc2c(-c2c(C)cc3c4c(ccnc24)CCO3)c1CC(=O)O. The zero-order valence-electron chi connectivity index (χ0n) is 19.3. The van der Waals surface area contributed by atoms with E-state index in [0.29, 0.717) is 23.1 Å². The summed E-state index contributed by atoms with van der Waals surface area (Å²) in [6, 6.07) is 9.44. The molecule has 1 N–H and O–H groups in total. The molecular weight excluding hydrogens is 417 g/mol. The van der Waals surface area contributed by atoms with E-state index in [1.165, 1.54) is 0 Å². The van der Waals surface area contributed by atoms with Gasteiger partial charge in [-0.15, -0.1) is 0 Å². The van der Waals surface area contributed by atoms with E-state index in [9.17, 15) is 9.90 Å². The predicted molar refractivity (Wildman–Crippen MR) is 129 cm³/mol. The maximum Gasteiger partial charge on any atom is 0.307 e. The summed E-state index contributed by atoms with van der Waals surface area (Å²) in [5.74, 6) is -0.362. The zero-order valence-corrected chi connectivity index (χ0v) is 19.3. The van der Waals surface area contributed by atoms with Gasteiger partial charge in [-0.3, -0.25) is 9.78 Å². The van der Waals surface area contributed by atoms with Gasteiger partial charge < -0.3 is 9.84 Å². The smallest absolute Gasteiger partial charge is 0.307 e. The van der Waals surface area contributed by atoms with Gasteiger partial charge in [-0.1, -0.05) is 19.9 Å². The Hall–Kier alpha value is -3.47. The van der Waals surface area contributed by atoms with E-state index >= 15 is 4.39 Å². The number of aromatic nitrogens is 1. The second kappa shape index (κ2) is 7.84. The normalized spacial score (nSPS) is 13.0. The number of aliphatic carboxylic acids is 1. The average molecular weight is 444 g/mol. The number of fused-ring (bicyclic) bond motifs is 1. The molecule has 0 aliphatic carbocycles. The summed E-state index contributed by atoms with van der Waals surface area (Å²) in [6.07, 6.45) is 2.43. The van der Waals surface area contributed by atoms with Crippen molar-refractivity contribution in [1.29, 1.82) is 0 Å². The molecule has 0 amide bonds. The first-order valence-electron chi connectivity index (χ1n) is 11.3. The number of benzene rings is 3. The monoisotopic (exact) mass is 443 g/mol. The van der Waals surface area contributed by atoms with E-state index in [1.54, 1.807) is 12.3 Å². The third-order valence-electron chi connectivity index (χ3n) is 6.68. The number of hydrogen-bond acceptors (Lipinski definition) is 3. The Morgan fingerprint density at radius 1 is 1.15 bits per heavy atom. The summed E-state index contributed by atoms with van der Waals surface area (Å²) in [7, 11) is 0. The lowest BCUT2D eigenvalue weighted by Crippen LogP contribution is -2.11. The topological polar surface area (TPSA) is 59.4 Å². The van der Waals surface area contributed by atoms with Crippen molar-refractivity contribution >= 4 is 27.6 Å². The molecule has 0 spiro atoms. The number of aryl methyl sites for hydroxylation is 2. The quantitative estimate of drug-likeness (QED) is 0.391. The molecule has 33 heavy (non-hydrogen) atoms. The van der Waals surface area contributed by atoms with E-state index in [1.807, 2.05) is 52.0 Å². The Bertz CT molecular complexity index is 1460. The molecule has 2 heterocycles. The standard InChI is InChI=1S/C28H26FNO3/c1-14(2)19-11-18-9-15(3)20(13-24(31)32)27(21(18)12-22(19)29)25-16(4)10-23-26-17(6-8-33-23)5-7-30-28(25)26/h5,7,9-12,14H,6,8,13H2,1-4H3,(H,31,32). The Balaban J connectivity index is 1.96. The fraction of sp³-hybridized carbons (Fsp3) is 0.286. The van der Waals surface area contributed by atoms with Gasteiger partial charge in [0, 0.05) is 23.6 Å². The molecule has 1 aromatic heterocycles. The van der Waals surface area contributed by atoms with Crippen LogP contribution < -0.4 is 4.74 Å². The second-order valence-electron chi connectivity index (χ2n) is 9.23. The first kappa shape index (κ1) is 21.4. The van der Waals surface area contributed by atoms with Gasteiger partial charge >= 0.3 is 5.97 Å². The third-order valence-corrected chi connectivity index (χ3v) is 6.68. The van der Waals surface area contributed by atoms with Gasteiger partial charge in [0.1, 0.15) is 11.6 Å². The summed E-state index contributed by atoms with van der Waals surface area (Å²) in [4.78, 5) is 16.6. The number of carboxylic acids is 1. The highest BCUT2D eigenvalue weighted by atomic mass is 19.1. The molecule has 0 saturated heterocycles. The molecular formula is C28H26FNO3. The highest BCUT2D eigenvalue weighted by Crippen LogP contribution is 2.45. The van der Waals surface area contributed by atoms with Gasteiger partial charge in [-0.2, -0.15) is 0 Å². The fourth-order valence-corrected chi connectivity index (χ4v) is 5.13. The Morgan fingerprint density at radius 3 is 2.67 bits per heavy atom. The van der Waals surface area contributed by atoms with Crippen LogP contribution in [0.5, 0.6) is 5.75 Å². The van der Waals surface area contributed by atoms with E-state index in [4.69, 9.17) is 9.72 Å². The number of carboxylic acid groups (broad SMARTS) is 1. The van der Waals surface area contributed by atoms with E-state index in [2.05, 4.69) is 0 Å². The van der Waals surface area contributed by atoms with E-state index < -0.39 is 5.97 Å². The van der Waals surface area contributed by atoms with E-state index in [-0.39, 0.29) is 18.2 Å². The summed E-state index contributed by atoms with van der Waals surface area (Å²) in [5.41, 5.74) is 6.67. The second-order valence-corrected chi connectivity index (χ2v) is 9.23. The molecule has 4 aromatic rings. The number of ether oxygens (including phenoxy) is 1. The van der Waals surface area contributed by atoms with Crippen LogP contribution in [0, 0.1) is 19.7 Å². The summed E-state index contributed by atoms with van der Waals surface area (Å²) in [5, 5.41) is 12.3. The van der Waals surface area contributed by atoms with Gasteiger partial charge in [0.25, 0.3) is 0 Å². The van der Waals surface area contributed by atoms with Crippen LogP contribution in [-0.2, 0) is 17.6 Å². The highest BCUT2D eigenvalue weighted by Gasteiger charge is 2.25. The van der Waals surface area contributed by atoms with Crippen molar-refractivity contribution in [2.75, 3.05) is 6.61 Å². The summed E-state index contributed by atoms with van der Waals surface area (Å²) >= 11 is 0. The molecule has 4 nitrogen and oxygen atoms in total. The van der Waals surface area contributed by atoms with Crippen molar-refractivity contribution in [3.63, 3.8) is 0 Å². The minimum atomic E-state index is -0.922. The molecule has 3 aromatic carbocycles. The molecule has 5 rings (SSSR count). The maximum atomic E-state index is 15.2. The predicted octanol–water partition coefficient (Wildman–Crippen LogP) is 6.50. The minimum absolute atomic E-state index is 0.0398. The molecule has 0 unspecified atom stereocenters. The average Bonchev–Trinajstić information content (AvgIpc) is 2.75. The van der Waals surface area contributed by atoms with Crippen molar-refractivity contribution in [3.8, 4) is 16.9 Å². The number of hydrogen-bond donors (Lipinski definition) is 1. The van der Waals surface area contributed by atoms with Gasteiger partial charge in [0.15, 0.2) is 0 Å². The van der Waals surface area contributed by atoms with Crippen molar-refractivity contribution in [2.24, 2.45) is 0 Å². The fourth-order valence-electron chi connectivity index (χ4n) is 5.13. The minimum Gasteiger partial charge on any atom is -0.493 e. The van der Waals surface area contributed by atoms with Gasteiger partial charge in [-0.25, -0.2) is 4.39 Å². The molecule has 0 saturated carbocycles. The lowest BCUT2D eigenvalue weighted by molar-refractivity contribution is -0.136. The van der Waals surface area contributed by atoms with Gasteiger partial charge in [-0.05, 0) is 88.2 Å². The largest absolute Gasteiger partial charge is 0.493 e. The number of rotatable bonds is 4. The number of halogens is 1. The highest BCUT2D eigenvalue weighted by molar-refractivity contribution is 6.09. The van der Waals surface area contributed by atoms with Crippen LogP contribution in [0.2, 0.25) is 0 Å². The van der Waals surface area contributed by atoms with Crippen LogP contribution >= 0.6 is 0 Å². The van der Waals surface area contributed by atoms with E-state index in [0.717, 1.165) is 56.3 Å². The molecule has 5 heteroatoms. The van der Waals surface area contributed by atoms with Crippen molar-refractivity contribution < 1.29 is 19.0 Å². The van der Waals surface area contributed by atoms with Crippen LogP contribution in [0.1, 0.15) is 47.6 Å². The maximum absolute atomic E-state index is 15.2. The summed E-state index contributed by atoms with van der Waals surface area (Å²) in [6.45, 7) is 8.46. The lowest BCUT2D eigenvalue weighted by Gasteiger charge is -2.24. The van der Waals surface area contributed by atoms with Crippen LogP contribution in [0.15, 0.2) is 36.5 Å². The van der Waals surface area contributed by atoms with Gasteiger partial charge in [0.2, 0.25) is 0 Å². The number of carbonyl (C=O) groups is 1. The lowest BCUT2D eigenvalue weighted by atomic mass is 9.84. The molecule has 168 valence electrons. The van der Waals surface area contributed by atoms with Crippen LogP contribution in [-0.4, -0.2) is 22.7 Å². The van der Waals surface area contributed by atoms with Crippen molar-refractivity contribution in [1.82, 2.24) is 4.98 Å². The van der Waals surface area contributed by atoms with Crippen LogP contribution in [0.3, 0.4) is 0 Å². The zero-order chi connectivity index (χ0) is 23.4. The summed E-state index contributed by atoms with van der Waals surface area (Å²) < 4.78 is 21.2. The Kier molecular flexibility index (Phi) is 5.08. The molecule has 0 fully saturated rings. The Morgan fingerprint density at radius 2 is 1.94 bits per heavy atom. The molecule has 0 atom stereocenters. The molecule has 0 radical (unpaired) electrons. The van der Waals surface area contributed by atoms with Crippen molar-refractivity contribution in [3.05, 3.63) is 70.2 Å². The third kappa shape index (κ3) is 3.43. The number of pyridine rings is 1. The first-order valence-corrected chi connectivity index (χ1v) is 11.3. The van der Waals surface area contributed by atoms with Gasteiger partial charge in [0.05, 0.1) is 18.5 Å². The molecule has 0 bridgehead atoms. The van der Waals surface area contributed by atoms with Crippen LogP contribution in [0.4, 0.5) is 4.39 Å². The molecule has 1 aliphatic heterocycles. The number of nitrogens with zero attached hydrogens (tertiary/aromatic N) is 1. The molecule has 1 aliphatic rings. The first-order chi connectivity index (χ1) is 15.8. The Labute approximate surface area is 192 Å². The van der Waals surface area contributed by atoms with Crippen LogP contribution in [0.25, 0.3) is 32.8 Å². The van der Waals surface area contributed by atoms with Crippen molar-refractivity contribution in [2.45, 2.75) is 46.5 Å².